The molecule has 2 N–H and O–H groups in total. The van der Waals surface area contributed by atoms with E-state index in [1.54, 1.807) is 4.57 Å². The maximum atomic E-state index is 10.4. The topological polar surface area (TPSA) is 45.4 Å². The summed E-state index contributed by atoms with van der Waals surface area (Å²) in [5.41, 5.74) is 3.85. The highest BCUT2D eigenvalue weighted by molar-refractivity contribution is 14.1. The van der Waals surface area contributed by atoms with E-state index < -0.39 is 0 Å². The Kier molecular flexibility index (Phi) is 3.20. The average molecular weight is 369 g/mol. The van der Waals surface area contributed by atoms with E-state index in [1.807, 2.05) is 25.1 Å². The molecule has 100 valence electrons. The molecule has 0 radical (unpaired) electrons. The summed E-state index contributed by atoms with van der Waals surface area (Å²) >= 11 is 2.27. The molecule has 3 nitrogen and oxygen atoms in total. The number of aromatic nitrogens is 1. The van der Waals surface area contributed by atoms with E-state index in [0.29, 0.717) is 0 Å². The van der Waals surface area contributed by atoms with Crippen LogP contribution in [0.3, 0.4) is 0 Å². The van der Waals surface area contributed by atoms with Gasteiger partial charge in [0, 0.05) is 14.7 Å². The summed E-state index contributed by atoms with van der Waals surface area (Å²) < 4.78 is 2.69. The minimum atomic E-state index is 0.201. The monoisotopic (exact) mass is 369 g/mol. The molecule has 0 saturated heterocycles. The van der Waals surface area contributed by atoms with Gasteiger partial charge in [0.1, 0.15) is 0 Å². The lowest BCUT2D eigenvalue weighted by molar-refractivity contribution is 0.399. The summed E-state index contributed by atoms with van der Waals surface area (Å²) in [6, 6.07) is 5.93. The van der Waals surface area contributed by atoms with Crippen molar-refractivity contribution in [1.82, 2.24) is 4.57 Å². The lowest BCUT2D eigenvalue weighted by Gasteiger charge is -2.09. The number of hydrogen-bond acceptors (Lipinski definition) is 2. The Balaban J connectivity index is 2.19. The van der Waals surface area contributed by atoms with E-state index in [-0.39, 0.29) is 11.8 Å². The second kappa shape index (κ2) is 4.74. The Morgan fingerprint density at radius 2 is 1.63 bits per heavy atom. The lowest BCUT2D eigenvalue weighted by atomic mass is 9.95. The summed E-state index contributed by atoms with van der Waals surface area (Å²) in [7, 11) is 0. The van der Waals surface area contributed by atoms with E-state index in [9.17, 15) is 10.2 Å². The second-order valence-electron chi connectivity index (χ2n) is 5.08. The summed E-state index contributed by atoms with van der Waals surface area (Å²) in [6.07, 6.45) is 3.86. The van der Waals surface area contributed by atoms with Crippen LogP contribution in [0.1, 0.15) is 29.5 Å². The van der Waals surface area contributed by atoms with Crippen LogP contribution in [0.4, 0.5) is 0 Å². The molecule has 1 heterocycles. The van der Waals surface area contributed by atoms with Gasteiger partial charge in [0.25, 0.3) is 0 Å². The predicted molar refractivity (Wildman–Crippen MR) is 83.2 cm³/mol. The van der Waals surface area contributed by atoms with Crippen molar-refractivity contribution >= 4 is 22.6 Å². The minimum Gasteiger partial charge on any atom is -0.494 e. The first-order chi connectivity index (χ1) is 9.09. The smallest absolute Gasteiger partial charge is 0.202 e. The van der Waals surface area contributed by atoms with Crippen LogP contribution < -0.4 is 0 Å². The molecule has 3 rings (SSSR count). The van der Waals surface area contributed by atoms with Crippen LogP contribution in [0.25, 0.3) is 5.69 Å². The fraction of sp³-hybridized carbons (Fsp3) is 0.333. The molecule has 19 heavy (non-hydrogen) atoms. The lowest BCUT2D eigenvalue weighted by Crippen LogP contribution is -1.98. The maximum absolute atomic E-state index is 10.4. The van der Waals surface area contributed by atoms with Crippen LogP contribution in [-0.2, 0) is 12.8 Å². The highest BCUT2D eigenvalue weighted by Gasteiger charge is 2.25. The number of benzene rings is 1. The van der Waals surface area contributed by atoms with E-state index in [1.165, 1.54) is 5.56 Å². The van der Waals surface area contributed by atoms with Gasteiger partial charge in [0.05, 0.1) is 5.69 Å². The molecule has 0 amide bonds. The molecule has 0 atom stereocenters. The van der Waals surface area contributed by atoms with Crippen molar-refractivity contribution in [3.05, 3.63) is 38.5 Å². The number of aromatic hydroxyl groups is 2. The van der Waals surface area contributed by atoms with Gasteiger partial charge in [-0.1, -0.05) is 6.07 Å². The van der Waals surface area contributed by atoms with Gasteiger partial charge < -0.3 is 10.2 Å². The quantitative estimate of drug-likeness (QED) is 0.754. The van der Waals surface area contributed by atoms with Crippen LogP contribution in [0.5, 0.6) is 11.8 Å². The van der Waals surface area contributed by atoms with Crippen LogP contribution in [0.15, 0.2) is 18.2 Å². The van der Waals surface area contributed by atoms with Crippen LogP contribution in [0, 0.1) is 10.5 Å². The molecule has 1 aliphatic carbocycles. The number of hydrogen-bond donors (Lipinski definition) is 2. The Hall–Kier alpha value is -1.17. The summed E-state index contributed by atoms with van der Waals surface area (Å²) in [6.45, 7) is 2.05. The first-order valence-corrected chi connectivity index (χ1v) is 7.58. The average Bonchev–Trinajstić information content (AvgIpc) is 2.66. The first-order valence-electron chi connectivity index (χ1n) is 6.50. The van der Waals surface area contributed by atoms with E-state index in [4.69, 9.17) is 0 Å². The number of rotatable bonds is 1. The molecule has 0 aliphatic heterocycles. The molecule has 1 aromatic heterocycles. The van der Waals surface area contributed by atoms with Gasteiger partial charge in [0.2, 0.25) is 11.8 Å². The largest absolute Gasteiger partial charge is 0.494 e. The standard InChI is InChI=1S/C15H16INO2/c1-9-6-7-10(8-13(9)16)17-14(18)11-4-2-3-5-12(11)15(17)19/h6-8,18-19H,2-5H2,1H3. The third kappa shape index (κ3) is 2.02. The summed E-state index contributed by atoms with van der Waals surface area (Å²) in [4.78, 5) is 0. The molecule has 1 aromatic carbocycles. The number of halogens is 1. The van der Waals surface area contributed by atoms with Gasteiger partial charge in [-0.3, -0.25) is 4.57 Å². The van der Waals surface area contributed by atoms with Crippen molar-refractivity contribution < 1.29 is 10.2 Å². The molecular weight excluding hydrogens is 353 g/mol. The zero-order valence-corrected chi connectivity index (χ0v) is 12.9. The van der Waals surface area contributed by atoms with Gasteiger partial charge in [-0.2, -0.15) is 0 Å². The minimum absolute atomic E-state index is 0.201. The molecular formula is C15H16INO2. The second-order valence-corrected chi connectivity index (χ2v) is 6.24. The SMILES string of the molecule is Cc1ccc(-n2c(O)c3c(c2O)CCCC3)cc1I. The zero-order chi connectivity index (χ0) is 13.6. The third-order valence-corrected chi connectivity index (χ3v) is 5.01. The van der Waals surface area contributed by atoms with E-state index in [2.05, 4.69) is 22.6 Å². The Labute approximate surface area is 126 Å². The fourth-order valence-electron chi connectivity index (χ4n) is 2.73. The summed E-state index contributed by atoms with van der Waals surface area (Å²) in [5.74, 6) is 0.402. The van der Waals surface area contributed by atoms with Crippen molar-refractivity contribution in [2.75, 3.05) is 0 Å². The van der Waals surface area contributed by atoms with Crippen molar-refractivity contribution in [3.8, 4) is 17.4 Å². The van der Waals surface area contributed by atoms with Gasteiger partial charge >= 0.3 is 0 Å². The van der Waals surface area contributed by atoms with Gasteiger partial charge in [-0.05, 0) is 72.9 Å². The molecule has 2 aromatic rings. The van der Waals surface area contributed by atoms with Crippen molar-refractivity contribution in [1.29, 1.82) is 0 Å². The number of fused-ring (bicyclic) bond motifs is 1. The molecule has 4 heteroatoms. The van der Waals surface area contributed by atoms with Crippen molar-refractivity contribution in [3.63, 3.8) is 0 Å². The zero-order valence-electron chi connectivity index (χ0n) is 10.8. The van der Waals surface area contributed by atoms with Crippen molar-refractivity contribution in [2.45, 2.75) is 32.6 Å². The van der Waals surface area contributed by atoms with Crippen molar-refractivity contribution in [2.24, 2.45) is 0 Å². The first kappa shape index (κ1) is 12.8. The Bertz CT molecular complexity index is 617. The highest BCUT2D eigenvalue weighted by atomic mass is 127. The fourth-order valence-corrected chi connectivity index (χ4v) is 3.23. The van der Waals surface area contributed by atoms with Gasteiger partial charge in [0.15, 0.2) is 0 Å². The van der Waals surface area contributed by atoms with Crippen LogP contribution >= 0.6 is 22.6 Å². The molecule has 0 spiro atoms. The van der Waals surface area contributed by atoms with Crippen LogP contribution in [0.2, 0.25) is 0 Å². The van der Waals surface area contributed by atoms with E-state index >= 15 is 0 Å². The number of nitrogens with zero attached hydrogens (tertiary/aromatic N) is 1. The Morgan fingerprint density at radius 1 is 1.05 bits per heavy atom. The molecule has 1 aliphatic rings. The van der Waals surface area contributed by atoms with Gasteiger partial charge in [-0.15, -0.1) is 0 Å². The van der Waals surface area contributed by atoms with Crippen LogP contribution in [-0.4, -0.2) is 14.8 Å². The van der Waals surface area contributed by atoms with E-state index in [0.717, 1.165) is 46.1 Å². The number of aryl methyl sites for hydroxylation is 1. The molecule has 0 bridgehead atoms. The predicted octanol–water partition coefficient (Wildman–Crippen LogP) is 3.68. The summed E-state index contributed by atoms with van der Waals surface area (Å²) in [5, 5.41) is 20.7. The normalized spacial score (nSPS) is 14.4. The molecule has 0 fully saturated rings. The maximum Gasteiger partial charge on any atom is 0.202 e. The Morgan fingerprint density at radius 3 is 2.16 bits per heavy atom. The molecule has 0 saturated carbocycles. The molecule has 0 unspecified atom stereocenters. The third-order valence-electron chi connectivity index (χ3n) is 3.84. The van der Waals surface area contributed by atoms with Gasteiger partial charge in [-0.25, -0.2) is 0 Å². The highest BCUT2D eigenvalue weighted by Crippen LogP contribution is 2.40.